The standard InChI is InChI=1S/C22H25N3O5/c1-4-11-30-17-10-9-14(12-18(17)29-5-2)19(26)23-16-8-6-7-15(13-16)22(3)20(27)24-21(28)25-22/h6-10,12-13H,4-5,11H2,1-3H3,(H,23,26)(H2,24,25,27,28). The summed E-state index contributed by atoms with van der Waals surface area (Å²) >= 11 is 0. The van der Waals surface area contributed by atoms with Crippen LogP contribution in [0.5, 0.6) is 11.5 Å². The predicted octanol–water partition coefficient (Wildman–Crippen LogP) is 3.18. The molecule has 1 aliphatic heterocycles. The van der Waals surface area contributed by atoms with Gasteiger partial charge >= 0.3 is 6.03 Å². The largest absolute Gasteiger partial charge is 0.490 e. The van der Waals surface area contributed by atoms with Crippen molar-refractivity contribution in [1.82, 2.24) is 10.6 Å². The minimum Gasteiger partial charge on any atom is -0.490 e. The minimum atomic E-state index is -1.20. The molecule has 0 radical (unpaired) electrons. The van der Waals surface area contributed by atoms with Gasteiger partial charge < -0.3 is 20.1 Å². The zero-order valence-corrected chi connectivity index (χ0v) is 17.2. The number of nitrogens with one attached hydrogen (secondary N) is 3. The van der Waals surface area contributed by atoms with Gasteiger partial charge in [0.05, 0.1) is 13.2 Å². The lowest BCUT2D eigenvalue weighted by Gasteiger charge is -2.21. The van der Waals surface area contributed by atoms with E-state index in [0.29, 0.717) is 41.5 Å². The van der Waals surface area contributed by atoms with Crippen LogP contribution in [0.25, 0.3) is 0 Å². The van der Waals surface area contributed by atoms with Crippen molar-refractivity contribution in [2.45, 2.75) is 32.7 Å². The lowest BCUT2D eigenvalue weighted by Crippen LogP contribution is -2.40. The number of benzene rings is 2. The molecule has 0 spiro atoms. The summed E-state index contributed by atoms with van der Waals surface area (Å²) in [6, 6.07) is 11.3. The molecule has 4 amide bonds. The summed E-state index contributed by atoms with van der Waals surface area (Å²) in [5, 5.41) is 7.66. The molecule has 158 valence electrons. The molecule has 0 saturated carbocycles. The van der Waals surface area contributed by atoms with Gasteiger partial charge in [0.15, 0.2) is 11.5 Å². The molecule has 1 heterocycles. The fourth-order valence-electron chi connectivity index (χ4n) is 3.11. The molecular weight excluding hydrogens is 386 g/mol. The molecule has 2 aromatic carbocycles. The maximum atomic E-state index is 12.8. The number of urea groups is 1. The van der Waals surface area contributed by atoms with Crippen LogP contribution in [-0.4, -0.2) is 31.1 Å². The van der Waals surface area contributed by atoms with Crippen molar-refractivity contribution >= 4 is 23.5 Å². The summed E-state index contributed by atoms with van der Waals surface area (Å²) in [6.45, 7) is 6.48. The number of carbonyl (C=O) groups excluding carboxylic acids is 3. The van der Waals surface area contributed by atoms with Crippen LogP contribution in [0.1, 0.15) is 43.1 Å². The Hall–Kier alpha value is -3.55. The van der Waals surface area contributed by atoms with E-state index in [-0.39, 0.29) is 5.91 Å². The third kappa shape index (κ3) is 4.37. The van der Waals surface area contributed by atoms with Crippen molar-refractivity contribution in [3.63, 3.8) is 0 Å². The van der Waals surface area contributed by atoms with Crippen molar-refractivity contribution < 1.29 is 23.9 Å². The molecule has 1 fully saturated rings. The van der Waals surface area contributed by atoms with Crippen LogP contribution in [0.4, 0.5) is 10.5 Å². The Bertz CT molecular complexity index is 975. The van der Waals surface area contributed by atoms with Crippen molar-refractivity contribution in [3.05, 3.63) is 53.6 Å². The first-order valence-electron chi connectivity index (χ1n) is 9.82. The van der Waals surface area contributed by atoms with E-state index < -0.39 is 17.5 Å². The molecule has 2 aromatic rings. The van der Waals surface area contributed by atoms with Crippen LogP contribution in [0.3, 0.4) is 0 Å². The number of hydrogen-bond donors (Lipinski definition) is 3. The molecule has 8 heteroatoms. The highest BCUT2D eigenvalue weighted by Gasteiger charge is 2.43. The third-order valence-electron chi connectivity index (χ3n) is 4.71. The molecule has 8 nitrogen and oxygen atoms in total. The fourth-order valence-corrected chi connectivity index (χ4v) is 3.11. The van der Waals surface area contributed by atoms with Gasteiger partial charge in [0.2, 0.25) is 0 Å². The van der Waals surface area contributed by atoms with Crippen LogP contribution in [0.15, 0.2) is 42.5 Å². The summed E-state index contributed by atoms with van der Waals surface area (Å²) in [4.78, 5) is 36.5. The monoisotopic (exact) mass is 411 g/mol. The van der Waals surface area contributed by atoms with E-state index >= 15 is 0 Å². The average molecular weight is 411 g/mol. The van der Waals surface area contributed by atoms with Crippen LogP contribution >= 0.6 is 0 Å². The lowest BCUT2D eigenvalue weighted by atomic mass is 9.92. The first kappa shape index (κ1) is 21.2. The van der Waals surface area contributed by atoms with Crippen LogP contribution in [0.2, 0.25) is 0 Å². The topological polar surface area (TPSA) is 106 Å². The zero-order valence-electron chi connectivity index (χ0n) is 17.2. The number of imide groups is 1. The Labute approximate surface area is 174 Å². The van der Waals surface area contributed by atoms with Gasteiger partial charge in [-0.05, 0) is 56.2 Å². The molecule has 0 aromatic heterocycles. The van der Waals surface area contributed by atoms with Gasteiger partial charge in [-0.15, -0.1) is 0 Å². The Morgan fingerprint density at radius 1 is 1.07 bits per heavy atom. The van der Waals surface area contributed by atoms with E-state index in [1.165, 1.54) is 0 Å². The van der Waals surface area contributed by atoms with Gasteiger partial charge in [0, 0.05) is 11.3 Å². The maximum absolute atomic E-state index is 12.8. The van der Waals surface area contributed by atoms with E-state index in [0.717, 1.165) is 6.42 Å². The molecule has 1 saturated heterocycles. The smallest absolute Gasteiger partial charge is 0.322 e. The number of hydrogen-bond acceptors (Lipinski definition) is 5. The molecule has 3 rings (SSSR count). The molecule has 3 N–H and O–H groups in total. The van der Waals surface area contributed by atoms with E-state index in [2.05, 4.69) is 16.0 Å². The van der Waals surface area contributed by atoms with Gasteiger partial charge in [-0.25, -0.2) is 4.79 Å². The lowest BCUT2D eigenvalue weighted by molar-refractivity contribution is -0.123. The first-order chi connectivity index (χ1) is 14.4. The molecule has 1 atom stereocenters. The number of ether oxygens (including phenoxy) is 2. The van der Waals surface area contributed by atoms with E-state index in [1.807, 2.05) is 13.8 Å². The second-order valence-corrected chi connectivity index (χ2v) is 7.01. The summed E-state index contributed by atoms with van der Waals surface area (Å²) in [5.41, 5.74) is 0.267. The van der Waals surface area contributed by atoms with Crippen LogP contribution in [0, 0.1) is 0 Å². The average Bonchev–Trinajstić information content (AvgIpc) is 3.00. The predicted molar refractivity (Wildman–Crippen MR) is 112 cm³/mol. The summed E-state index contributed by atoms with van der Waals surface area (Å²) in [7, 11) is 0. The number of rotatable bonds is 8. The third-order valence-corrected chi connectivity index (χ3v) is 4.71. The fraction of sp³-hybridized carbons (Fsp3) is 0.318. The molecule has 1 unspecified atom stereocenters. The summed E-state index contributed by atoms with van der Waals surface area (Å²) in [5.74, 6) is 0.318. The maximum Gasteiger partial charge on any atom is 0.322 e. The normalized spacial score (nSPS) is 17.8. The Kier molecular flexibility index (Phi) is 6.25. The van der Waals surface area contributed by atoms with E-state index in [4.69, 9.17) is 9.47 Å². The Balaban J connectivity index is 1.80. The highest BCUT2D eigenvalue weighted by atomic mass is 16.5. The number of amides is 4. The number of carbonyl (C=O) groups is 3. The first-order valence-corrected chi connectivity index (χ1v) is 9.82. The quantitative estimate of drug-likeness (QED) is 0.579. The van der Waals surface area contributed by atoms with E-state index in [9.17, 15) is 14.4 Å². The minimum absolute atomic E-state index is 0.333. The van der Waals surface area contributed by atoms with Gasteiger partial charge in [-0.1, -0.05) is 19.1 Å². The summed E-state index contributed by atoms with van der Waals surface area (Å²) in [6.07, 6.45) is 0.863. The molecular formula is C22H25N3O5. The highest BCUT2D eigenvalue weighted by molar-refractivity contribution is 6.08. The van der Waals surface area contributed by atoms with Gasteiger partial charge in [-0.3, -0.25) is 14.9 Å². The van der Waals surface area contributed by atoms with Crippen LogP contribution < -0.4 is 25.4 Å². The molecule has 0 bridgehead atoms. The number of anilines is 1. The van der Waals surface area contributed by atoms with Crippen molar-refractivity contribution in [2.24, 2.45) is 0 Å². The van der Waals surface area contributed by atoms with Crippen molar-refractivity contribution in [1.29, 1.82) is 0 Å². The van der Waals surface area contributed by atoms with Crippen molar-refractivity contribution in [2.75, 3.05) is 18.5 Å². The van der Waals surface area contributed by atoms with Gasteiger partial charge in [0.1, 0.15) is 5.54 Å². The van der Waals surface area contributed by atoms with Crippen LogP contribution in [-0.2, 0) is 10.3 Å². The zero-order chi connectivity index (χ0) is 21.7. The Morgan fingerprint density at radius 3 is 2.53 bits per heavy atom. The van der Waals surface area contributed by atoms with E-state index in [1.54, 1.807) is 49.4 Å². The highest BCUT2D eigenvalue weighted by Crippen LogP contribution is 2.30. The molecule has 0 aliphatic carbocycles. The van der Waals surface area contributed by atoms with Gasteiger partial charge in [-0.2, -0.15) is 0 Å². The molecule has 30 heavy (non-hydrogen) atoms. The second-order valence-electron chi connectivity index (χ2n) is 7.01. The summed E-state index contributed by atoms with van der Waals surface area (Å²) < 4.78 is 11.3. The molecule has 1 aliphatic rings. The van der Waals surface area contributed by atoms with Gasteiger partial charge in [0.25, 0.3) is 11.8 Å². The SMILES string of the molecule is CCCOc1ccc(C(=O)Nc2cccc(C3(C)NC(=O)NC3=O)c2)cc1OCC. The second kappa shape index (κ2) is 8.86. The Morgan fingerprint density at radius 2 is 1.87 bits per heavy atom. The van der Waals surface area contributed by atoms with Crippen molar-refractivity contribution in [3.8, 4) is 11.5 Å².